The quantitative estimate of drug-likeness (QED) is 0.155. The molecule has 0 unspecified atom stereocenters. The number of aryl methyl sites for hydroxylation is 1. The van der Waals surface area contributed by atoms with Crippen LogP contribution in [-0.4, -0.2) is 38.8 Å². The van der Waals surface area contributed by atoms with E-state index in [9.17, 15) is 9.59 Å². The van der Waals surface area contributed by atoms with Gasteiger partial charge in [0.05, 0.1) is 12.5 Å². The molecule has 1 atom stereocenters. The molecule has 0 bridgehead atoms. The van der Waals surface area contributed by atoms with Crippen LogP contribution in [0.25, 0.3) is 16.8 Å². The molecule has 0 saturated heterocycles. The number of hydrogen-bond donors (Lipinski definition) is 3. The van der Waals surface area contributed by atoms with Crippen molar-refractivity contribution in [3.63, 3.8) is 0 Å². The summed E-state index contributed by atoms with van der Waals surface area (Å²) >= 11 is 0. The summed E-state index contributed by atoms with van der Waals surface area (Å²) in [6.45, 7) is 4.12. The lowest BCUT2D eigenvalue weighted by Gasteiger charge is -2.16. The molecular weight excluding hydrogens is 528 g/mol. The Labute approximate surface area is 244 Å². The van der Waals surface area contributed by atoms with Crippen LogP contribution >= 0.6 is 0 Å². The Morgan fingerprint density at radius 1 is 0.976 bits per heavy atom. The molecule has 0 aliphatic carbocycles. The highest BCUT2D eigenvalue weighted by atomic mass is 16.5. The Morgan fingerprint density at radius 3 is 2.36 bits per heavy atom. The fraction of sp³-hybridized carbons (Fsp3) is 0.152. The van der Waals surface area contributed by atoms with Crippen LogP contribution in [0.15, 0.2) is 109 Å². The summed E-state index contributed by atoms with van der Waals surface area (Å²) in [6.07, 6.45) is 4.21. The van der Waals surface area contributed by atoms with Crippen molar-refractivity contribution in [2.24, 2.45) is 5.10 Å². The maximum Gasteiger partial charge on any atom is 0.408 e. The van der Waals surface area contributed by atoms with Gasteiger partial charge in [-0.15, -0.1) is 0 Å². The standard InChI is InChI=1S/C33H32N6O3/c1-23-17-28(24(2)39(23)30-15-13-27(14-16-30)26-11-7-4-8-12-26)19-36-38-32(40)31(18-29-20-34-22-35-29)37-33(41)42-21-25-9-5-3-6-10-25/h3-17,19-20,22,31H,18,21H2,1-2H3,(H,34,35)(H,37,41)(H,38,40)/b36-19-/t31-/m0/s1. The molecule has 0 spiro atoms. The smallest absolute Gasteiger partial charge is 0.408 e. The van der Waals surface area contributed by atoms with Gasteiger partial charge >= 0.3 is 6.09 Å². The number of aromatic nitrogens is 3. The normalized spacial score (nSPS) is 11.8. The van der Waals surface area contributed by atoms with E-state index in [0.29, 0.717) is 5.69 Å². The topological polar surface area (TPSA) is 113 Å². The van der Waals surface area contributed by atoms with E-state index in [1.165, 1.54) is 11.9 Å². The van der Waals surface area contributed by atoms with E-state index in [0.717, 1.165) is 33.8 Å². The number of ether oxygens (including phenoxy) is 1. The van der Waals surface area contributed by atoms with E-state index >= 15 is 0 Å². The molecule has 0 aliphatic heterocycles. The number of rotatable bonds is 10. The molecule has 2 heterocycles. The minimum absolute atomic E-state index is 0.0911. The average molecular weight is 561 g/mol. The van der Waals surface area contributed by atoms with Crippen LogP contribution in [0, 0.1) is 13.8 Å². The van der Waals surface area contributed by atoms with Gasteiger partial charge < -0.3 is 19.6 Å². The number of aromatic amines is 1. The Hall–Kier alpha value is -5.44. The number of imidazole rings is 1. The van der Waals surface area contributed by atoms with Crippen molar-refractivity contribution in [1.82, 2.24) is 25.3 Å². The monoisotopic (exact) mass is 560 g/mol. The van der Waals surface area contributed by atoms with Crippen molar-refractivity contribution in [2.75, 3.05) is 0 Å². The lowest BCUT2D eigenvalue weighted by atomic mass is 10.1. The number of hydrogen-bond acceptors (Lipinski definition) is 5. The van der Waals surface area contributed by atoms with Crippen LogP contribution in [0.1, 0.15) is 28.2 Å². The van der Waals surface area contributed by atoms with Crippen molar-refractivity contribution < 1.29 is 14.3 Å². The average Bonchev–Trinajstić information content (AvgIpc) is 3.63. The number of carbonyl (C=O) groups excluding carboxylic acids is 2. The second-order valence-corrected chi connectivity index (χ2v) is 9.85. The third kappa shape index (κ3) is 7.00. The van der Waals surface area contributed by atoms with E-state index in [2.05, 4.69) is 66.8 Å². The second kappa shape index (κ2) is 13.3. The highest BCUT2D eigenvalue weighted by Crippen LogP contribution is 2.24. The van der Waals surface area contributed by atoms with Crippen LogP contribution in [-0.2, 0) is 22.6 Å². The van der Waals surface area contributed by atoms with Crippen molar-refractivity contribution in [3.05, 3.63) is 132 Å². The van der Waals surface area contributed by atoms with Gasteiger partial charge in [-0.1, -0.05) is 72.8 Å². The van der Waals surface area contributed by atoms with Crippen LogP contribution in [0.5, 0.6) is 0 Å². The molecule has 212 valence electrons. The number of benzene rings is 3. The van der Waals surface area contributed by atoms with Crippen LogP contribution in [0.2, 0.25) is 0 Å². The maximum atomic E-state index is 13.1. The first-order chi connectivity index (χ1) is 20.5. The van der Waals surface area contributed by atoms with E-state index in [1.54, 1.807) is 12.4 Å². The highest BCUT2D eigenvalue weighted by Gasteiger charge is 2.22. The summed E-state index contributed by atoms with van der Waals surface area (Å²) in [5.41, 5.74) is 10.3. The fourth-order valence-corrected chi connectivity index (χ4v) is 4.73. The molecule has 2 amide bonds. The minimum Gasteiger partial charge on any atom is -0.445 e. The number of H-pyrrole nitrogens is 1. The number of nitrogens with one attached hydrogen (secondary N) is 3. The molecular formula is C33H32N6O3. The molecule has 9 nitrogen and oxygen atoms in total. The number of amides is 2. The van der Waals surface area contributed by atoms with Gasteiger partial charge in [0.1, 0.15) is 12.6 Å². The predicted molar refractivity (Wildman–Crippen MR) is 162 cm³/mol. The van der Waals surface area contributed by atoms with Crippen molar-refractivity contribution in [2.45, 2.75) is 32.9 Å². The Bertz CT molecular complexity index is 1640. The van der Waals surface area contributed by atoms with Gasteiger partial charge in [-0.25, -0.2) is 15.2 Å². The zero-order valence-electron chi connectivity index (χ0n) is 23.5. The van der Waals surface area contributed by atoms with Crippen LogP contribution in [0.4, 0.5) is 4.79 Å². The largest absolute Gasteiger partial charge is 0.445 e. The maximum absolute atomic E-state index is 13.1. The van der Waals surface area contributed by atoms with Crippen LogP contribution < -0.4 is 10.7 Å². The third-order valence-corrected chi connectivity index (χ3v) is 6.88. The number of hydrazone groups is 1. The van der Waals surface area contributed by atoms with Gasteiger partial charge in [-0.3, -0.25) is 4.79 Å². The Morgan fingerprint density at radius 2 is 1.67 bits per heavy atom. The van der Waals surface area contributed by atoms with E-state index < -0.39 is 18.0 Å². The SMILES string of the molecule is Cc1cc(/C=N\NC(=O)[C@H](Cc2cnc[nH]2)NC(=O)OCc2ccccc2)c(C)n1-c1ccc(-c2ccccc2)cc1. The molecule has 5 rings (SSSR count). The van der Waals surface area contributed by atoms with E-state index in [1.807, 2.05) is 68.4 Å². The summed E-state index contributed by atoms with van der Waals surface area (Å²) < 4.78 is 7.45. The minimum atomic E-state index is -0.929. The summed E-state index contributed by atoms with van der Waals surface area (Å²) in [7, 11) is 0. The predicted octanol–water partition coefficient (Wildman–Crippen LogP) is 5.47. The number of carbonyl (C=O) groups is 2. The molecule has 3 aromatic carbocycles. The van der Waals surface area contributed by atoms with Gasteiger partial charge in [-0.2, -0.15) is 5.10 Å². The molecule has 42 heavy (non-hydrogen) atoms. The molecule has 0 fully saturated rings. The van der Waals surface area contributed by atoms with Crippen molar-refractivity contribution in [1.29, 1.82) is 0 Å². The Kier molecular flexibility index (Phi) is 8.88. The molecule has 3 N–H and O–H groups in total. The first-order valence-corrected chi connectivity index (χ1v) is 13.6. The number of alkyl carbamates (subject to hydrolysis) is 1. The van der Waals surface area contributed by atoms with Crippen molar-refractivity contribution >= 4 is 18.2 Å². The molecule has 0 radical (unpaired) electrons. The first-order valence-electron chi connectivity index (χ1n) is 13.6. The molecule has 0 aliphatic rings. The molecule has 0 saturated carbocycles. The van der Waals surface area contributed by atoms with E-state index in [4.69, 9.17) is 4.74 Å². The first kappa shape index (κ1) is 28.1. The zero-order valence-corrected chi connectivity index (χ0v) is 23.5. The highest BCUT2D eigenvalue weighted by molar-refractivity contribution is 5.88. The van der Waals surface area contributed by atoms with E-state index in [-0.39, 0.29) is 13.0 Å². The van der Waals surface area contributed by atoms with Gasteiger partial charge in [0.2, 0.25) is 0 Å². The lowest BCUT2D eigenvalue weighted by molar-refractivity contribution is -0.123. The fourth-order valence-electron chi connectivity index (χ4n) is 4.73. The summed E-state index contributed by atoms with van der Waals surface area (Å²) in [6, 6.07) is 29.0. The molecule has 9 heteroatoms. The van der Waals surface area contributed by atoms with Crippen molar-refractivity contribution in [3.8, 4) is 16.8 Å². The van der Waals surface area contributed by atoms with Crippen LogP contribution in [0.3, 0.4) is 0 Å². The number of nitrogens with zero attached hydrogens (tertiary/aromatic N) is 3. The third-order valence-electron chi connectivity index (χ3n) is 6.88. The lowest BCUT2D eigenvalue weighted by Crippen LogP contribution is -2.47. The van der Waals surface area contributed by atoms with Gasteiger partial charge in [0, 0.05) is 41.0 Å². The molecule has 5 aromatic rings. The van der Waals surface area contributed by atoms with Gasteiger partial charge in [0.25, 0.3) is 5.91 Å². The van der Waals surface area contributed by atoms with Gasteiger partial charge in [0.15, 0.2) is 0 Å². The summed E-state index contributed by atoms with van der Waals surface area (Å²) in [5, 5.41) is 6.84. The molecule has 2 aromatic heterocycles. The van der Waals surface area contributed by atoms with Gasteiger partial charge in [-0.05, 0) is 48.7 Å². The summed E-state index contributed by atoms with van der Waals surface area (Å²) in [4.78, 5) is 32.5. The zero-order chi connectivity index (χ0) is 29.3. The Balaban J connectivity index is 1.24. The summed E-state index contributed by atoms with van der Waals surface area (Å²) in [5.74, 6) is -0.484. The second-order valence-electron chi connectivity index (χ2n) is 9.85.